The molecule has 0 saturated carbocycles. The summed E-state index contributed by atoms with van der Waals surface area (Å²) in [6.07, 6.45) is 1.83. The molecule has 21 heavy (non-hydrogen) atoms. The van der Waals surface area contributed by atoms with Gasteiger partial charge < -0.3 is 10.2 Å². The standard InChI is InChI=1S/C16H22N4O/c1-5-17-12(2)13-8-6-7-9-15(13)20-11-10-14(18-20)16(21)19(3)4/h6-12,17H,5H2,1-4H3. The number of aromatic nitrogens is 2. The van der Waals surface area contributed by atoms with Crippen molar-refractivity contribution >= 4 is 5.91 Å². The number of para-hydroxylation sites is 1. The minimum Gasteiger partial charge on any atom is -0.343 e. The fourth-order valence-electron chi connectivity index (χ4n) is 2.28. The van der Waals surface area contributed by atoms with E-state index in [4.69, 9.17) is 0 Å². The van der Waals surface area contributed by atoms with Gasteiger partial charge in [0.1, 0.15) is 0 Å². The van der Waals surface area contributed by atoms with Crippen LogP contribution in [0.3, 0.4) is 0 Å². The molecule has 2 rings (SSSR count). The van der Waals surface area contributed by atoms with Crippen molar-refractivity contribution in [3.05, 3.63) is 47.8 Å². The lowest BCUT2D eigenvalue weighted by Gasteiger charge is -2.17. The number of benzene rings is 1. The molecule has 5 heteroatoms. The summed E-state index contributed by atoms with van der Waals surface area (Å²) in [5, 5.41) is 7.81. The van der Waals surface area contributed by atoms with Gasteiger partial charge in [-0.2, -0.15) is 5.10 Å². The lowest BCUT2D eigenvalue weighted by Crippen LogP contribution is -2.22. The predicted octanol–water partition coefficient (Wildman–Crippen LogP) is 2.24. The van der Waals surface area contributed by atoms with Crippen LogP contribution in [0.5, 0.6) is 0 Å². The molecule has 0 fully saturated rings. The first-order valence-electron chi connectivity index (χ1n) is 7.14. The van der Waals surface area contributed by atoms with Crippen LogP contribution in [0.15, 0.2) is 36.5 Å². The molecule has 2 aromatic rings. The molecule has 1 aromatic carbocycles. The summed E-state index contributed by atoms with van der Waals surface area (Å²) in [6, 6.07) is 10.1. The Balaban J connectivity index is 2.37. The molecule has 0 aliphatic heterocycles. The van der Waals surface area contributed by atoms with Gasteiger partial charge in [-0.15, -0.1) is 0 Å². The number of carbonyl (C=O) groups is 1. The molecule has 0 aliphatic rings. The molecule has 0 spiro atoms. The van der Waals surface area contributed by atoms with Crippen molar-refractivity contribution in [1.82, 2.24) is 20.0 Å². The van der Waals surface area contributed by atoms with E-state index in [1.165, 1.54) is 4.90 Å². The summed E-state index contributed by atoms with van der Waals surface area (Å²) in [7, 11) is 3.45. The third kappa shape index (κ3) is 3.31. The number of hydrogen-bond donors (Lipinski definition) is 1. The van der Waals surface area contributed by atoms with Gasteiger partial charge in [-0.1, -0.05) is 25.1 Å². The smallest absolute Gasteiger partial charge is 0.273 e. The molecule has 1 aromatic heterocycles. The normalized spacial score (nSPS) is 12.2. The SMILES string of the molecule is CCNC(C)c1ccccc1-n1ccc(C(=O)N(C)C)n1. The largest absolute Gasteiger partial charge is 0.343 e. The molecule has 1 atom stereocenters. The first kappa shape index (κ1) is 15.3. The molecule has 5 nitrogen and oxygen atoms in total. The van der Waals surface area contributed by atoms with E-state index in [-0.39, 0.29) is 11.9 Å². The number of rotatable bonds is 5. The van der Waals surface area contributed by atoms with E-state index in [2.05, 4.69) is 30.3 Å². The van der Waals surface area contributed by atoms with Gasteiger partial charge in [0, 0.05) is 26.3 Å². The summed E-state index contributed by atoms with van der Waals surface area (Å²) >= 11 is 0. The quantitative estimate of drug-likeness (QED) is 0.917. The van der Waals surface area contributed by atoms with Gasteiger partial charge in [-0.25, -0.2) is 4.68 Å². The average molecular weight is 286 g/mol. The average Bonchev–Trinajstić information content (AvgIpc) is 2.96. The maximum Gasteiger partial charge on any atom is 0.273 e. The molecule has 1 amide bonds. The molecule has 0 saturated heterocycles. The lowest BCUT2D eigenvalue weighted by atomic mass is 10.1. The van der Waals surface area contributed by atoms with Gasteiger partial charge in [0.2, 0.25) is 0 Å². The van der Waals surface area contributed by atoms with Crippen LogP contribution in [0.1, 0.15) is 35.9 Å². The summed E-state index contributed by atoms with van der Waals surface area (Å²) in [5.41, 5.74) is 2.60. The van der Waals surface area contributed by atoms with Crippen molar-refractivity contribution in [2.75, 3.05) is 20.6 Å². The van der Waals surface area contributed by atoms with E-state index in [0.717, 1.165) is 17.8 Å². The Labute approximate surface area is 125 Å². The molecule has 0 bridgehead atoms. The van der Waals surface area contributed by atoms with Crippen molar-refractivity contribution < 1.29 is 4.79 Å². The summed E-state index contributed by atoms with van der Waals surface area (Å²) < 4.78 is 1.76. The van der Waals surface area contributed by atoms with E-state index in [1.54, 1.807) is 24.8 Å². The Morgan fingerprint density at radius 1 is 1.33 bits per heavy atom. The van der Waals surface area contributed by atoms with Crippen molar-refractivity contribution in [2.24, 2.45) is 0 Å². The van der Waals surface area contributed by atoms with Gasteiger partial charge >= 0.3 is 0 Å². The Kier molecular flexibility index (Phi) is 4.75. The number of carbonyl (C=O) groups excluding carboxylic acids is 1. The van der Waals surface area contributed by atoms with Gasteiger partial charge in [0.25, 0.3) is 5.91 Å². The molecule has 1 unspecified atom stereocenters. The van der Waals surface area contributed by atoms with E-state index in [1.807, 2.05) is 24.4 Å². The first-order valence-corrected chi connectivity index (χ1v) is 7.14. The van der Waals surface area contributed by atoms with Crippen LogP contribution in [0, 0.1) is 0 Å². The van der Waals surface area contributed by atoms with E-state index >= 15 is 0 Å². The zero-order valence-electron chi connectivity index (χ0n) is 13.0. The maximum absolute atomic E-state index is 11.9. The number of hydrogen-bond acceptors (Lipinski definition) is 3. The topological polar surface area (TPSA) is 50.2 Å². The maximum atomic E-state index is 11.9. The molecule has 1 N–H and O–H groups in total. The van der Waals surface area contributed by atoms with Gasteiger partial charge in [0.05, 0.1) is 5.69 Å². The zero-order chi connectivity index (χ0) is 15.4. The van der Waals surface area contributed by atoms with Crippen molar-refractivity contribution in [2.45, 2.75) is 19.9 Å². The van der Waals surface area contributed by atoms with Crippen LogP contribution in [0.4, 0.5) is 0 Å². The van der Waals surface area contributed by atoms with Gasteiger partial charge in [-0.3, -0.25) is 4.79 Å². The van der Waals surface area contributed by atoms with Crippen LogP contribution in [0.2, 0.25) is 0 Å². The van der Waals surface area contributed by atoms with Crippen molar-refractivity contribution in [3.8, 4) is 5.69 Å². The van der Waals surface area contributed by atoms with E-state index in [9.17, 15) is 4.79 Å². The van der Waals surface area contributed by atoms with Crippen molar-refractivity contribution in [1.29, 1.82) is 0 Å². The summed E-state index contributed by atoms with van der Waals surface area (Å²) in [6.45, 7) is 5.11. The Morgan fingerprint density at radius 3 is 2.71 bits per heavy atom. The highest BCUT2D eigenvalue weighted by Crippen LogP contribution is 2.21. The van der Waals surface area contributed by atoms with Crippen LogP contribution >= 0.6 is 0 Å². The first-order chi connectivity index (χ1) is 10.0. The number of nitrogens with zero attached hydrogens (tertiary/aromatic N) is 3. The van der Waals surface area contributed by atoms with Crippen molar-refractivity contribution in [3.63, 3.8) is 0 Å². The van der Waals surface area contributed by atoms with Crippen LogP contribution < -0.4 is 5.32 Å². The highest BCUT2D eigenvalue weighted by atomic mass is 16.2. The number of nitrogens with one attached hydrogen (secondary N) is 1. The van der Waals surface area contributed by atoms with Crippen LogP contribution in [0.25, 0.3) is 5.69 Å². The molecular formula is C16H22N4O. The van der Waals surface area contributed by atoms with Gasteiger partial charge in [0.15, 0.2) is 5.69 Å². The number of amides is 1. The highest BCUT2D eigenvalue weighted by Gasteiger charge is 2.15. The van der Waals surface area contributed by atoms with Gasteiger partial charge in [-0.05, 0) is 31.2 Å². The second kappa shape index (κ2) is 6.54. The predicted molar refractivity (Wildman–Crippen MR) is 83.7 cm³/mol. The Bertz CT molecular complexity index is 618. The van der Waals surface area contributed by atoms with E-state index in [0.29, 0.717) is 5.69 Å². The molecule has 0 radical (unpaired) electrons. The lowest BCUT2D eigenvalue weighted by molar-refractivity contribution is 0.0821. The second-order valence-corrected chi connectivity index (χ2v) is 5.18. The fraction of sp³-hybridized carbons (Fsp3) is 0.375. The third-order valence-electron chi connectivity index (χ3n) is 3.37. The third-order valence-corrected chi connectivity index (χ3v) is 3.37. The van der Waals surface area contributed by atoms with Crippen LogP contribution in [-0.4, -0.2) is 41.2 Å². The fourth-order valence-corrected chi connectivity index (χ4v) is 2.28. The summed E-state index contributed by atoms with van der Waals surface area (Å²) in [4.78, 5) is 13.5. The minimum absolute atomic E-state index is 0.0917. The molecule has 112 valence electrons. The minimum atomic E-state index is -0.0917. The summed E-state index contributed by atoms with van der Waals surface area (Å²) in [5.74, 6) is -0.0917. The van der Waals surface area contributed by atoms with Crippen LogP contribution in [-0.2, 0) is 0 Å². The zero-order valence-corrected chi connectivity index (χ0v) is 13.0. The Morgan fingerprint density at radius 2 is 2.05 bits per heavy atom. The molecule has 1 heterocycles. The molecular weight excluding hydrogens is 264 g/mol. The Hall–Kier alpha value is -2.14. The molecule has 0 aliphatic carbocycles. The van der Waals surface area contributed by atoms with E-state index < -0.39 is 0 Å². The monoisotopic (exact) mass is 286 g/mol. The highest BCUT2D eigenvalue weighted by molar-refractivity contribution is 5.91. The second-order valence-electron chi connectivity index (χ2n) is 5.18.